The maximum absolute atomic E-state index is 12.2. The number of nitrogens with one attached hydrogen (secondary N) is 1. The predicted octanol–water partition coefficient (Wildman–Crippen LogP) is 3.43. The first kappa shape index (κ1) is 15.0. The van der Waals surface area contributed by atoms with Gasteiger partial charge in [0.2, 0.25) is 0 Å². The molecule has 0 radical (unpaired) electrons. The first-order valence-corrected chi connectivity index (χ1v) is 7.63. The third kappa shape index (κ3) is 3.60. The Kier molecular flexibility index (Phi) is 5.17. The van der Waals surface area contributed by atoms with Crippen molar-refractivity contribution in [3.05, 3.63) is 57.2 Å². The molecule has 20 heavy (non-hydrogen) atoms. The molecule has 106 valence electrons. The molecule has 0 unspecified atom stereocenters. The summed E-state index contributed by atoms with van der Waals surface area (Å²) >= 11 is 7.68. The molecule has 0 saturated heterocycles. The van der Waals surface area contributed by atoms with Crippen LogP contribution in [0.15, 0.2) is 41.1 Å². The Morgan fingerprint density at radius 2 is 2.10 bits per heavy atom. The molecule has 0 saturated carbocycles. The highest BCUT2D eigenvalue weighted by Gasteiger charge is 2.17. The number of rotatable bonds is 5. The lowest BCUT2D eigenvalue weighted by molar-refractivity contribution is 0.0942. The largest absolute Gasteiger partial charge is 0.350 e. The van der Waals surface area contributed by atoms with E-state index in [1.165, 1.54) is 5.56 Å². The fourth-order valence-electron chi connectivity index (χ4n) is 1.99. The van der Waals surface area contributed by atoms with Gasteiger partial charge in [0.05, 0.1) is 16.6 Å². The van der Waals surface area contributed by atoms with Crippen molar-refractivity contribution in [2.45, 2.75) is 6.04 Å². The van der Waals surface area contributed by atoms with Crippen LogP contribution < -0.4 is 5.32 Å². The Morgan fingerprint density at radius 3 is 2.70 bits per heavy atom. The molecule has 0 aliphatic rings. The van der Waals surface area contributed by atoms with Crippen molar-refractivity contribution in [2.24, 2.45) is 0 Å². The summed E-state index contributed by atoms with van der Waals surface area (Å²) in [6.07, 6.45) is 0. The van der Waals surface area contributed by atoms with Gasteiger partial charge in [0, 0.05) is 6.54 Å². The Labute approximate surface area is 128 Å². The summed E-state index contributed by atoms with van der Waals surface area (Å²) in [4.78, 5) is 14.2. The van der Waals surface area contributed by atoms with Crippen molar-refractivity contribution < 1.29 is 4.79 Å². The van der Waals surface area contributed by atoms with Crippen LogP contribution >= 0.6 is 22.9 Å². The summed E-state index contributed by atoms with van der Waals surface area (Å²) in [7, 11) is 4.01. The van der Waals surface area contributed by atoms with Crippen LogP contribution in [0.5, 0.6) is 0 Å². The van der Waals surface area contributed by atoms with E-state index in [-0.39, 0.29) is 11.9 Å². The lowest BCUT2D eigenvalue weighted by Gasteiger charge is -2.24. The van der Waals surface area contributed by atoms with Gasteiger partial charge in [-0.1, -0.05) is 23.7 Å². The van der Waals surface area contributed by atoms with Crippen LogP contribution in [0.1, 0.15) is 22.0 Å². The molecular weight excluding hydrogens is 292 g/mol. The van der Waals surface area contributed by atoms with Gasteiger partial charge >= 0.3 is 0 Å². The predicted molar refractivity (Wildman–Crippen MR) is 84.5 cm³/mol. The highest BCUT2D eigenvalue weighted by Crippen LogP contribution is 2.20. The van der Waals surface area contributed by atoms with Gasteiger partial charge in [0.25, 0.3) is 5.91 Å². The van der Waals surface area contributed by atoms with Crippen molar-refractivity contribution >= 4 is 28.8 Å². The van der Waals surface area contributed by atoms with Crippen LogP contribution in [0.4, 0.5) is 0 Å². The monoisotopic (exact) mass is 308 g/mol. The van der Waals surface area contributed by atoms with Gasteiger partial charge in [0.15, 0.2) is 0 Å². The molecule has 0 spiro atoms. The van der Waals surface area contributed by atoms with Gasteiger partial charge in [-0.15, -0.1) is 0 Å². The van der Waals surface area contributed by atoms with Crippen molar-refractivity contribution in [1.29, 1.82) is 0 Å². The normalized spacial score (nSPS) is 12.4. The van der Waals surface area contributed by atoms with E-state index < -0.39 is 0 Å². The molecule has 1 atom stereocenters. The first-order valence-electron chi connectivity index (χ1n) is 6.31. The summed E-state index contributed by atoms with van der Waals surface area (Å²) < 4.78 is 0. The van der Waals surface area contributed by atoms with Crippen LogP contribution in [0.3, 0.4) is 0 Å². The summed E-state index contributed by atoms with van der Waals surface area (Å²) in [5.74, 6) is -0.141. The van der Waals surface area contributed by atoms with Crippen molar-refractivity contribution in [3.8, 4) is 0 Å². The van der Waals surface area contributed by atoms with Crippen molar-refractivity contribution in [2.75, 3.05) is 20.6 Å². The van der Waals surface area contributed by atoms with Crippen molar-refractivity contribution in [3.63, 3.8) is 0 Å². The molecule has 1 N–H and O–H groups in total. The zero-order valence-corrected chi connectivity index (χ0v) is 13.0. The number of benzene rings is 1. The number of halogens is 1. The molecule has 3 nitrogen and oxygen atoms in total. The molecule has 0 aliphatic heterocycles. The van der Waals surface area contributed by atoms with Gasteiger partial charge in [-0.05, 0) is 48.6 Å². The summed E-state index contributed by atoms with van der Waals surface area (Å²) in [5, 5.41) is 7.57. The minimum absolute atomic E-state index is 0.141. The lowest BCUT2D eigenvalue weighted by atomic mass is 10.1. The standard InChI is InChI=1S/C15H17ClN2OS/c1-18(2)14(11-7-8-20-10-11)9-17-15(19)12-5-3-4-6-13(12)16/h3-8,10,14H,9H2,1-2H3,(H,17,19)/t14-/m0/s1. The maximum atomic E-state index is 12.2. The summed E-state index contributed by atoms with van der Waals surface area (Å²) in [6, 6.07) is 9.31. The molecule has 2 rings (SSSR count). The van der Waals surface area contributed by atoms with E-state index in [2.05, 4.69) is 21.7 Å². The smallest absolute Gasteiger partial charge is 0.252 e. The van der Waals surface area contributed by atoms with E-state index >= 15 is 0 Å². The fraction of sp³-hybridized carbons (Fsp3) is 0.267. The third-order valence-corrected chi connectivity index (χ3v) is 4.16. The second kappa shape index (κ2) is 6.88. The highest BCUT2D eigenvalue weighted by atomic mass is 35.5. The van der Waals surface area contributed by atoms with E-state index in [4.69, 9.17) is 11.6 Å². The van der Waals surface area contributed by atoms with Gasteiger partial charge in [-0.3, -0.25) is 4.79 Å². The minimum Gasteiger partial charge on any atom is -0.350 e. The molecule has 2 aromatic rings. The number of hydrogen-bond donors (Lipinski definition) is 1. The second-order valence-electron chi connectivity index (χ2n) is 4.73. The number of nitrogens with zero attached hydrogens (tertiary/aromatic N) is 1. The molecule has 5 heteroatoms. The molecular formula is C15H17ClN2OS. The van der Waals surface area contributed by atoms with Crippen LogP contribution in [0.25, 0.3) is 0 Å². The highest BCUT2D eigenvalue weighted by molar-refractivity contribution is 7.07. The SMILES string of the molecule is CN(C)[C@@H](CNC(=O)c1ccccc1Cl)c1ccsc1. The van der Waals surface area contributed by atoms with Gasteiger partial charge in [-0.25, -0.2) is 0 Å². The van der Waals surface area contributed by atoms with E-state index in [9.17, 15) is 4.79 Å². The molecule has 1 aromatic heterocycles. The average Bonchev–Trinajstić information content (AvgIpc) is 2.92. The molecule has 1 aromatic carbocycles. The Bertz CT molecular complexity index is 569. The van der Waals surface area contributed by atoms with Gasteiger partial charge < -0.3 is 10.2 Å². The number of thiophene rings is 1. The summed E-state index contributed by atoms with van der Waals surface area (Å²) in [5.41, 5.74) is 1.72. The van der Waals surface area contributed by atoms with E-state index in [0.29, 0.717) is 17.1 Å². The van der Waals surface area contributed by atoms with Crippen LogP contribution in [0, 0.1) is 0 Å². The average molecular weight is 309 g/mol. The molecule has 0 aliphatic carbocycles. The van der Waals surface area contributed by atoms with E-state index in [0.717, 1.165) is 0 Å². The molecule has 0 fully saturated rings. The van der Waals surface area contributed by atoms with E-state index in [1.54, 1.807) is 23.5 Å². The zero-order chi connectivity index (χ0) is 14.5. The first-order chi connectivity index (χ1) is 9.59. The Balaban J connectivity index is 2.03. The topological polar surface area (TPSA) is 32.3 Å². The Morgan fingerprint density at radius 1 is 1.35 bits per heavy atom. The van der Waals surface area contributed by atoms with Gasteiger partial charge in [0.1, 0.15) is 0 Å². The minimum atomic E-state index is -0.141. The van der Waals surface area contributed by atoms with Crippen molar-refractivity contribution in [1.82, 2.24) is 10.2 Å². The van der Waals surface area contributed by atoms with Crippen LogP contribution in [0.2, 0.25) is 5.02 Å². The number of amides is 1. The Hall–Kier alpha value is -1.36. The number of carbonyl (C=O) groups excluding carboxylic acids is 1. The zero-order valence-electron chi connectivity index (χ0n) is 11.5. The summed E-state index contributed by atoms with van der Waals surface area (Å²) in [6.45, 7) is 0.549. The van der Waals surface area contributed by atoms with Gasteiger partial charge in [-0.2, -0.15) is 11.3 Å². The van der Waals surface area contributed by atoms with Crippen LogP contribution in [-0.2, 0) is 0 Å². The third-order valence-electron chi connectivity index (χ3n) is 3.13. The number of carbonyl (C=O) groups is 1. The quantitative estimate of drug-likeness (QED) is 0.918. The maximum Gasteiger partial charge on any atom is 0.252 e. The van der Waals surface area contributed by atoms with Crippen LogP contribution in [-0.4, -0.2) is 31.4 Å². The number of hydrogen-bond acceptors (Lipinski definition) is 3. The molecule has 1 heterocycles. The van der Waals surface area contributed by atoms with E-state index in [1.807, 2.05) is 31.6 Å². The molecule has 1 amide bonds. The fourth-order valence-corrected chi connectivity index (χ4v) is 2.92. The lowest BCUT2D eigenvalue weighted by Crippen LogP contribution is -2.34. The second-order valence-corrected chi connectivity index (χ2v) is 5.91. The molecule has 0 bridgehead atoms. The number of likely N-dealkylation sites (N-methyl/N-ethyl adjacent to an activating group) is 1.